The van der Waals surface area contributed by atoms with Gasteiger partial charge in [0.15, 0.2) is 5.78 Å². The second-order valence-corrected chi connectivity index (χ2v) is 15.5. The molecule has 3 rings (SSSR count). The van der Waals surface area contributed by atoms with Crippen molar-refractivity contribution in [3.63, 3.8) is 0 Å². The molecule has 0 aliphatic heterocycles. The zero-order valence-electron chi connectivity index (χ0n) is 32.2. The van der Waals surface area contributed by atoms with Gasteiger partial charge >= 0.3 is 5.97 Å². The van der Waals surface area contributed by atoms with Crippen LogP contribution in [0.1, 0.15) is 90.2 Å². The lowest BCUT2D eigenvalue weighted by atomic mass is 9.73. The van der Waals surface area contributed by atoms with Gasteiger partial charge in [-0.1, -0.05) is 108 Å². The van der Waals surface area contributed by atoms with Gasteiger partial charge in [0.1, 0.15) is 0 Å². The van der Waals surface area contributed by atoms with E-state index in [0.29, 0.717) is 31.7 Å². The number of nitrogens with one attached hydrogen (secondary N) is 3. The van der Waals surface area contributed by atoms with Crippen molar-refractivity contribution >= 4 is 41.9 Å². The SMILES string of the molecule is CC(C)CCNC(=O)[C@H](CC(O)[C@H](Cc1ccccc1)NC(=O)[C@@H](N)CC(=O)O)C(C(=O)[C@H](Cc1ccccc1)NC(=O)C1(N)CCCCC1)C(C)C.Cl. The number of benzene rings is 2. The molecule has 12 nitrogen and oxygen atoms in total. The molecule has 6 atom stereocenters. The molecule has 1 fully saturated rings. The highest BCUT2D eigenvalue weighted by molar-refractivity contribution is 5.96. The van der Waals surface area contributed by atoms with Gasteiger partial charge < -0.3 is 37.6 Å². The maximum Gasteiger partial charge on any atom is 0.305 e. The molecule has 2 unspecified atom stereocenters. The fourth-order valence-electron chi connectivity index (χ4n) is 7.19. The van der Waals surface area contributed by atoms with Crippen molar-refractivity contribution in [3.05, 3.63) is 71.8 Å². The summed E-state index contributed by atoms with van der Waals surface area (Å²) in [5.41, 5.74) is 13.0. The number of carbonyl (C=O) groups is 5. The fourth-order valence-corrected chi connectivity index (χ4v) is 7.19. The van der Waals surface area contributed by atoms with Gasteiger partial charge in [0.05, 0.1) is 42.1 Å². The van der Waals surface area contributed by atoms with E-state index in [0.717, 1.165) is 30.4 Å². The van der Waals surface area contributed by atoms with E-state index in [1.165, 1.54) is 0 Å². The van der Waals surface area contributed by atoms with Crippen molar-refractivity contribution < 1.29 is 34.2 Å². The molecule has 3 amide bonds. The fraction of sp³-hybridized carbons (Fsp3) is 0.585. The highest BCUT2D eigenvalue weighted by Gasteiger charge is 2.43. The number of aliphatic carboxylic acids is 1. The number of aliphatic hydroxyl groups is 1. The average Bonchev–Trinajstić information content (AvgIpc) is 3.11. The predicted octanol–water partition coefficient (Wildman–Crippen LogP) is 3.70. The number of rotatable bonds is 21. The molecule has 0 bridgehead atoms. The van der Waals surface area contributed by atoms with Crippen LogP contribution in [-0.4, -0.2) is 76.0 Å². The Labute approximate surface area is 326 Å². The summed E-state index contributed by atoms with van der Waals surface area (Å²) in [6, 6.07) is 15.1. The molecule has 13 heteroatoms. The minimum Gasteiger partial charge on any atom is -0.481 e. The van der Waals surface area contributed by atoms with Crippen LogP contribution in [0, 0.1) is 23.7 Å². The minimum atomic E-state index is -1.37. The topological polar surface area (TPSA) is 214 Å². The number of nitrogens with two attached hydrogens (primary N) is 2. The first-order valence-corrected chi connectivity index (χ1v) is 19.1. The summed E-state index contributed by atoms with van der Waals surface area (Å²) < 4.78 is 0. The number of hydrogen-bond acceptors (Lipinski definition) is 8. The summed E-state index contributed by atoms with van der Waals surface area (Å²) in [5, 5.41) is 29.8. The number of carbonyl (C=O) groups excluding carboxylic acids is 4. The Bertz CT molecular complexity index is 1490. The molecular formula is C41H62ClN5O7. The lowest BCUT2D eigenvalue weighted by Crippen LogP contribution is -2.60. The van der Waals surface area contributed by atoms with Crippen LogP contribution in [0.25, 0.3) is 0 Å². The number of ketones is 1. The van der Waals surface area contributed by atoms with Crippen LogP contribution in [0.3, 0.4) is 0 Å². The summed E-state index contributed by atoms with van der Waals surface area (Å²) in [6.07, 6.45) is 2.51. The highest BCUT2D eigenvalue weighted by Crippen LogP contribution is 2.31. The summed E-state index contributed by atoms with van der Waals surface area (Å²) in [4.78, 5) is 67.3. The number of carboxylic acids is 1. The first kappa shape index (κ1) is 46.3. The first-order valence-electron chi connectivity index (χ1n) is 19.1. The maximum atomic E-state index is 14.9. The molecule has 300 valence electrons. The van der Waals surface area contributed by atoms with E-state index < -0.39 is 77.6 Å². The van der Waals surface area contributed by atoms with Crippen molar-refractivity contribution in [2.45, 2.75) is 122 Å². The van der Waals surface area contributed by atoms with E-state index in [4.69, 9.17) is 11.5 Å². The van der Waals surface area contributed by atoms with Gasteiger partial charge in [-0.25, -0.2) is 0 Å². The largest absolute Gasteiger partial charge is 0.481 e. The molecule has 1 aliphatic rings. The molecule has 1 aliphatic carbocycles. The van der Waals surface area contributed by atoms with Crippen molar-refractivity contribution in [2.24, 2.45) is 35.1 Å². The number of Topliss-reactive ketones (excluding diaryl/α,β-unsaturated/α-hetero) is 1. The third-order valence-corrected chi connectivity index (χ3v) is 10.3. The Hall–Kier alpha value is -3.84. The molecule has 2 aromatic rings. The van der Waals surface area contributed by atoms with Crippen molar-refractivity contribution in [2.75, 3.05) is 6.54 Å². The van der Waals surface area contributed by atoms with E-state index in [-0.39, 0.29) is 37.5 Å². The van der Waals surface area contributed by atoms with Crippen molar-refractivity contribution in [1.82, 2.24) is 16.0 Å². The van der Waals surface area contributed by atoms with Gasteiger partial charge in [-0.15, -0.1) is 12.4 Å². The third-order valence-electron chi connectivity index (χ3n) is 10.3. The Morgan fingerprint density at radius 3 is 1.89 bits per heavy atom. The van der Waals surface area contributed by atoms with E-state index in [9.17, 15) is 34.2 Å². The van der Waals surface area contributed by atoms with Gasteiger partial charge in [0, 0.05) is 12.5 Å². The molecular weight excluding hydrogens is 710 g/mol. The number of halogens is 1. The second-order valence-electron chi connectivity index (χ2n) is 15.5. The van der Waals surface area contributed by atoms with E-state index in [1.807, 2.05) is 88.4 Å². The molecule has 0 saturated heterocycles. The number of carboxylic acid groups (broad SMARTS) is 1. The highest BCUT2D eigenvalue weighted by atomic mass is 35.5. The zero-order chi connectivity index (χ0) is 39.1. The van der Waals surface area contributed by atoms with Crippen LogP contribution < -0.4 is 27.4 Å². The van der Waals surface area contributed by atoms with Crippen LogP contribution in [-0.2, 0) is 36.8 Å². The maximum absolute atomic E-state index is 14.9. The second kappa shape index (κ2) is 22.5. The van der Waals surface area contributed by atoms with Gasteiger partial charge in [0.25, 0.3) is 0 Å². The number of amides is 3. The smallest absolute Gasteiger partial charge is 0.305 e. The Morgan fingerprint density at radius 2 is 1.37 bits per heavy atom. The summed E-state index contributed by atoms with van der Waals surface area (Å²) >= 11 is 0. The molecule has 9 N–H and O–H groups in total. The lowest BCUT2D eigenvalue weighted by molar-refractivity contribution is -0.140. The molecule has 0 aromatic heterocycles. The molecule has 0 radical (unpaired) electrons. The molecule has 0 spiro atoms. The van der Waals surface area contributed by atoms with Crippen molar-refractivity contribution in [3.8, 4) is 0 Å². The predicted molar refractivity (Wildman–Crippen MR) is 212 cm³/mol. The molecule has 2 aromatic carbocycles. The quantitative estimate of drug-likeness (QED) is 0.0985. The summed E-state index contributed by atoms with van der Waals surface area (Å²) in [5.74, 6) is -5.25. The summed E-state index contributed by atoms with van der Waals surface area (Å²) in [6.45, 7) is 8.10. The normalized spacial score (nSPS) is 17.2. The Kier molecular flexibility index (Phi) is 19.3. The van der Waals surface area contributed by atoms with E-state index >= 15 is 0 Å². The Balaban J connectivity index is 0.0000101. The van der Waals surface area contributed by atoms with Crippen LogP contribution in [0.4, 0.5) is 0 Å². The molecule has 0 heterocycles. The monoisotopic (exact) mass is 771 g/mol. The van der Waals surface area contributed by atoms with Gasteiger partial charge in [0.2, 0.25) is 17.7 Å². The molecule has 54 heavy (non-hydrogen) atoms. The average molecular weight is 772 g/mol. The van der Waals surface area contributed by atoms with Crippen LogP contribution in [0.2, 0.25) is 0 Å². The van der Waals surface area contributed by atoms with Gasteiger partial charge in [-0.05, 0) is 61.5 Å². The van der Waals surface area contributed by atoms with Gasteiger partial charge in [-0.2, -0.15) is 0 Å². The van der Waals surface area contributed by atoms with Crippen molar-refractivity contribution in [1.29, 1.82) is 0 Å². The third kappa shape index (κ3) is 14.4. The summed E-state index contributed by atoms with van der Waals surface area (Å²) in [7, 11) is 0. The number of hydrogen-bond donors (Lipinski definition) is 7. The van der Waals surface area contributed by atoms with E-state index in [1.54, 1.807) is 0 Å². The first-order chi connectivity index (χ1) is 25.1. The zero-order valence-corrected chi connectivity index (χ0v) is 33.0. The lowest BCUT2D eigenvalue weighted by Gasteiger charge is -2.36. The van der Waals surface area contributed by atoms with E-state index in [2.05, 4.69) is 16.0 Å². The Morgan fingerprint density at radius 1 is 0.815 bits per heavy atom. The standard InChI is InChI=1S/C41H61N5O7.ClH/c1-26(2)18-21-44-38(51)30(24-34(47)32(22-28-14-8-5-9-15-28)45-39(52)31(42)25-35(48)49)36(27(3)4)37(50)33(23-29-16-10-6-11-17-29)46-40(53)41(43)19-12-7-13-20-41;/h5-6,8-11,14-17,26-27,30-34,36,47H,7,12-13,18-25,42-43H2,1-4H3,(H,44,51)(H,45,52)(H,46,53)(H,48,49);1H/t30-,31+,32+,33+,34?,36?;/m1./s1. The van der Waals surface area contributed by atoms with Crippen LogP contribution >= 0.6 is 12.4 Å². The van der Waals surface area contributed by atoms with Crippen LogP contribution in [0.5, 0.6) is 0 Å². The molecule has 1 saturated carbocycles. The number of aliphatic hydroxyl groups excluding tert-OH is 1. The van der Waals surface area contributed by atoms with Gasteiger partial charge in [-0.3, -0.25) is 24.0 Å². The minimum absolute atomic E-state index is 0. The van der Waals surface area contributed by atoms with Crippen LogP contribution in [0.15, 0.2) is 60.7 Å².